The molecule has 0 bridgehead atoms. The van der Waals surface area contributed by atoms with E-state index in [1.807, 2.05) is 12.1 Å². The topological polar surface area (TPSA) is 66.9 Å². The highest BCUT2D eigenvalue weighted by atomic mass is 16.5. The van der Waals surface area contributed by atoms with Crippen molar-refractivity contribution in [3.63, 3.8) is 0 Å². The van der Waals surface area contributed by atoms with Crippen LogP contribution in [0.4, 0.5) is 5.82 Å². The van der Waals surface area contributed by atoms with Crippen LogP contribution in [0.3, 0.4) is 0 Å². The van der Waals surface area contributed by atoms with Crippen LogP contribution in [-0.4, -0.2) is 38.9 Å². The van der Waals surface area contributed by atoms with Gasteiger partial charge in [-0.05, 0) is 55.7 Å². The van der Waals surface area contributed by atoms with Gasteiger partial charge in [0.05, 0.1) is 11.2 Å². The Kier molecular flexibility index (Phi) is 2.98. The summed E-state index contributed by atoms with van der Waals surface area (Å²) < 4.78 is 6.13. The smallest absolute Gasteiger partial charge is 0.132 e. The van der Waals surface area contributed by atoms with Crippen LogP contribution >= 0.6 is 0 Å². The second kappa shape index (κ2) is 5.21. The Hall–Kier alpha value is -2.63. The van der Waals surface area contributed by atoms with Gasteiger partial charge in [0.2, 0.25) is 0 Å². The first-order chi connectivity index (χ1) is 13.1. The number of hydrogen-bond donors (Lipinski definition) is 1. The lowest BCUT2D eigenvalue weighted by Crippen LogP contribution is -2.24. The summed E-state index contributed by atoms with van der Waals surface area (Å²) >= 11 is 0. The Morgan fingerprint density at radius 1 is 1.15 bits per heavy atom. The molecular weight excluding hydrogens is 338 g/mol. The molecule has 1 saturated heterocycles. The number of H-pyrrole nitrogens is 1. The van der Waals surface area contributed by atoms with Crippen molar-refractivity contribution in [3.05, 3.63) is 30.6 Å². The lowest BCUT2D eigenvalue weighted by Gasteiger charge is -2.20. The van der Waals surface area contributed by atoms with Crippen LogP contribution in [0.5, 0.6) is 5.75 Å². The molecule has 3 fully saturated rings. The number of aromatic nitrogens is 4. The predicted molar refractivity (Wildman–Crippen MR) is 104 cm³/mol. The zero-order valence-corrected chi connectivity index (χ0v) is 15.6. The van der Waals surface area contributed by atoms with Gasteiger partial charge in [-0.25, -0.2) is 9.97 Å². The number of fused-ring (bicyclic) bond motifs is 2. The molecule has 0 amide bonds. The summed E-state index contributed by atoms with van der Waals surface area (Å²) in [7, 11) is 0. The summed E-state index contributed by atoms with van der Waals surface area (Å²) in [6.45, 7) is 6.74. The van der Waals surface area contributed by atoms with Crippen molar-refractivity contribution in [3.8, 4) is 17.1 Å². The first kappa shape index (κ1) is 15.4. The summed E-state index contributed by atoms with van der Waals surface area (Å²) in [5.74, 6) is 4.47. The lowest BCUT2D eigenvalue weighted by atomic mass is 10.1. The van der Waals surface area contributed by atoms with Crippen LogP contribution in [0.25, 0.3) is 22.3 Å². The number of rotatable bonds is 4. The van der Waals surface area contributed by atoms with E-state index in [1.165, 1.54) is 0 Å². The van der Waals surface area contributed by atoms with Crippen LogP contribution in [-0.2, 0) is 0 Å². The third-order valence-corrected chi connectivity index (χ3v) is 6.69. The average Bonchev–Trinajstić information content (AvgIpc) is 3.36. The summed E-state index contributed by atoms with van der Waals surface area (Å²) in [5, 5.41) is 8.70. The molecule has 2 aliphatic carbocycles. The number of aromatic amines is 1. The molecule has 6 rings (SSSR count). The molecule has 3 aliphatic rings. The van der Waals surface area contributed by atoms with Crippen LogP contribution in [0.2, 0.25) is 0 Å². The maximum absolute atomic E-state index is 6.13. The Balaban J connectivity index is 1.34. The van der Waals surface area contributed by atoms with Gasteiger partial charge in [0.25, 0.3) is 0 Å². The van der Waals surface area contributed by atoms with E-state index >= 15 is 0 Å². The van der Waals surface area contributed by atoms with Crippen LogP contribution in [0.1, 0.15) is 26.7 Å². The predicted octanol–water partition coefficient (Wildman–Crippen LogP) is 3.65. The largest absolute Gasteiger partial charge is 0.488 e. The molecule has 3 atom stereocenters. The summed E-state index contributed by atoms with van der Waals surface area (Å²) in [6.07, 6.45) is 3.90. The van der Waals surface area contributed by atoms with E-state index < -0.39 is 0 Å². The monoisotopic (exact) mass is 361 g/mol. The molecule has 3 aromatic rings. The molecule has 0 radical (unpaired) electrons. The fourth-order valence-corrected chi connectivity index (χ4v) is 4.47. The third kappa shape index (κ3) is 2.50. The minimum Gasteiger partial charge on any atom is -0.488 e. The normalized spacial score (nSPS) is 27.6. The highest BCUT2D eigenvalue weighted by Crippen LogP contribution is 2.52. The molecule has 6 heteroatoms. The minimum atomic E-state index is 0.00734. The van der Waals surface area contributed by atoms with Gasteiger partial charge in [0, 0.05) is 24.5 Å². The Morgan fingerprint density at radius 3 is 2.74 bits per heavy atom. The molecule has 1 aromatic carbocycles. The molecule has 1 aliphatic heterocycles. The molecule has 6 nitrogen and oxygen atoms in total. The Morgan fingerprint density at radius 2 is 1.96 bits per heavy atom. The molecule has 0 spiro atoms. The van der Waals surface area contributed by atoms with E-state index in [0.29, 0.717) is 0 Å². The summed E-state index contributed by atoms with van der Waals surface area (Å²) in [5.41, 5.74) is 2.72. The number of piperidine rings is 1. The molecule has 3 heterocycles. The number of ether oxygens (including phenoxy) is 1. The first-order valence-corrected chi connectivity index (χ1v) is 9.84. The molecule has 2 saturated carbocycles. The standard InChI is InChI=1S/C21H23N5O/c1-12-15-9-26(10-16(12)15)19-8-18(22-11-23-19)20-14-7-13(27-21(2)5-6-21)3-4-17(14)24-25-20/h3-4,7-8,11-12,15-16H,5-6,9-10H2,1-2H3,(H,24,25)/t12?,15-,16+. The number of nitrogens with zero attached hydrogens (tertiary/aromatic N) is 4. The van der Waals surface area contributed by atoms with E-state index in [1.54, 1.807) is 6.33 Å². The van der Waals surface area contributed by atoms with Crippen molar-refractivity contribution in [2.75, 3.05) is 18.0 Å². The van der Waals surface area contributed by atoms with Gasteiger partial charge in [-0.1, -0.05) is 6.92 Å². The average molecular weight is 361 g/mol. The zero-order valence-electron chi connectivity index (χ0n) is 15.6. The minimum absolute atomic E-state index is 0.00734. The van der Waals surface area contributed by atoms with Gasteiger partial charge in [0.1, 0.15) is 29.2 Å². The Bertz CT molecular complexity index is 1030. The molecule has 27 heavy (non-hydrogen) atoms. The first-order valence-electron chi connectivity index (χ1n) is 9.84. The van der Waals surface area contributed by atoms with Crippen molar-refractivity contribution in [1.82, 2.24) is 20.2 Å². The van der Waals surface area contributed by atoms with Crippen molar-refractivity contribution in [1.29, 1.82) is 0 Å². The van der Waals surface area contributed by atoms with Gasteiger partial charge in [-0.3, -0.25) is 5.10 Å². The highest BCUT2D eigenvalue weighted by molar-refractivity contribution is 5.93. The van der Waals surface area contributed by atoms with Crippen LogP contribution < -0.4 is 9.64 Å². The second-order valence-corrected chi connectivity index (χ2v) is 8.68. The highest BCUT2D eigenvalue weighted by Gasteiger charge is 2.52. The number of nitrogens with one attached hydrogen (secondary N) is 1. The van der Waals surface area contributed by atoms with E-state index in [0.717, 1.165) is 77.5 Å². The van der Waals surface area contributed by atoms with Crippen molar-refractivity contribution < 1.29 is 4.74 Å². The third-order valence-electron chi connectivity index (χ3n) is 6.69. The maximum atomic E-state index is 6.13. The maximum Gasteiger partial charge on any atom is 0.132 e. The van der Waals surface area contributed by atoms with Gasteiger partial charge in [0.15, 0.2) is 0 Å². The van der Waals surface area contributed by atoms with E-state index in [4.69, 9.17) is 4.74 Å². The lowest BCUT2D eigenvalue weighted by molar-refractivity contribution is 0.200. The number of benzene rings is 1. The van der Waals surface area contributed by atoms with Gasteiger partial charge >= 0.3 is 0 Å². The Labute approximate surface area is 158 Å². The molecular formula is C21H23N5O. The van der Waals surface area contributed by atoms with Crippen molar-refractivity contribution in [2.24, 2.45) is 17.8 Å². The van der Waals surface area contributed by atoms with E-state index in [-0.39, 0.29) is 5.60 Å². The van der Waals surface area contributed by atoms with E-state index in [2.05, 4.69) is 51.0 Å². The quantitative estimate of drug-likeness (QED) is 0.768. The number of hydrogen-bond acceptors (Lipinski definition) is 5. The zero-order chi connectivity index (χ0) is 18.2. The van der Waals surface area contributed by atoms with E-state index in [9.17, 15) is 0 Å². The van der Waals surface area contributed by atoms with Crippen LogP contribution in [0.15, 0.2) is 30.6 Å². The SMILES string of the molecule is CC1[C@H]2CN(c3cc(-c4n[nH]c5ccc(OC6(C)CC6)cc45)ncn3)C[C@@H]12. The van der Waals surface area contributed by atoms with Gasteiger partial charge in [-0.2, -0.15) is 5.10 Å². The summed E-state index contributed by atoms with van der Waals surface area (Å²) in [6, 6.07) is 8.19. The fraction of sp³-hybridized carbons (Fsp3) is 0.476. The van der Waals surface area contributed by atoms with Gasteiger partial charge in [-0.15, -0.1) is 0 Å². The molecule has 2 aromatic heterocycles. The fourth-order valence-electron chi connectivity index (χ4n) is 4.47. The van der Waals surface area contributed by atoms with Crippen LogP contribution in [0, 0.1) is 17.8 Å². The summed E-state index contributed by atoms with van der Waals surface area (Å²) in [4.78, 5) is 11.4. The molecule has 1 N–H and O–H groups in total. The molecule has 138 valence electrons. The van der Waals surface area contributed by atoms with Gasteiger partial charge < -0.3 is 9.64 Å². The van der Waals surface area contributed by atoms with Crippen molar-refractivity contribution in [2.45, 2.75) is 32.3 Å². The van der Waals surface area contributed by atoms with Crippen molar-refractivity contribution >= 4 is 16.7 Å². The second-order valence-electron chi connectivity index (χ2n) is 8.68. The molecule has 1 unspecified atom stereocenters. The number of anilines is 1.